The molecule has 0 aliphatic carbocycles. The van der Waals surface area contributed by atoms with Gasteiger partial charge in [0.05, 0.1) is 12.2 Å². The summed E-state index contributed by atoms with van der Waals surface area (Å²) < 4.78 is 11.5. The van der Waals surface area contributed by atoms with Crippen LogP contribution in [0.25, 0.3) is 0 Å². The van der Waals surface area contributed by atoms with Gasteiger partial charge in [-0.1, -0.05) is 89.4 Å². The molecule has 2 aliphatic heterocycles. The van der Waals surface area contributed by atoms with E-state index in [1.807, 2.05) is 73.1 Å². The smallest absolute Gasteiger partial charge is 0.161 e. The number of anilines is 4. The molecule has 0 bridgehead atoms. The van der Waals surface area contributed by atoms with Gasteiger partial charge in [-0.3, -0.25) is 10.7 Å². The predicted octanol–water partition coefficient (Wildman–Crippen LogP) is 11.7. The normalized spacial score (nSPS) is 12.4. The lowest BCUT2D eigenvalue weighted by Gasteiger charge is -2.31. The fraction of sp³-hybridized carbons (Fsp3) is 0.163. The standard InChI is InChI=1S/2C15H14ClNO.C7H9N.C6H6ClNO/c1-11-4-2-5-12(8-11)17-9-13-14(16)6-3-7-15(13)18-10-17;1-11-3-2-4-14(7-11)17-9-12-5-6-13(16)8-15(12)18-10-17;1-6-3-2-4-7(8)5-6;7-5-2-1-3-6(4-5)8-9/h2*2-8H,9-10H2,1H3;2-5H,8H2,1H3;1-4,8-9H. The lowest BCUT2D eigenvalue weighted by molar-refractivity contribution is 0.289. The topological polar surface area (TPSA) is 83.2 Å². The van der Waals surface area contributed by atoms with E-state index < -0.39 is 0 Å². The number of benzene rings is 6. The van der Waals surface area contributed by atoms with Crippen molar-refractivity contribution in [2.45, 2.75) is 33.9 Å². The summed E-state index contributed by atoms with van der Waals surface area (Å²) in [6.45, 7) is 9.00. The van der Waals surface area contributed by atoms with Crippen molar-refractivity contribution in [3.05, 3.63) is 176 Å². The van der Waals surface area contributed by atoms with Crippen molar-refractivity contribution >= 4 is 57.6 Å². The Bertz CT molecular complexity index is 2090. The van der Waals surface area contributed by atoms with Crippen molar-refractivity contribution in [2.24, 2.45) is 0 Å². The Labute approximate surface area is 327 Å². The van der Waals surface area contributed by atoms with Crippen LogP contribution in [0, 0.1) is 20.8 Å². The summed E-state index contributed by atoms with van der Waals surface area (Å²) in [5.74, 6) is 1.79. The molecule has 274 valence electrons. The number of rotatable bonds is 3. The Hall–Kier alpha value is -5.05. The molecule has 0 spiro atoms. The van der Waals surface area contributed by atoms with Gasteiger partial charge in [0.15, 0.2) is 13.5 Å². The van der Waals surface area contributed by atoms with Crippen LogP contribution in [-0.4, -0.2) is 18.7 Å². The molecule has 2 aliphatic rings. The van der Waals surface area contributed by atoms with Crippen LogP contribution in [0.4, 0.5) is 22.7 Å². The molecule has 7 nitrogen and oxygen atoms in total. The van der Waals surface area contributed by atoms with Gasteiger partial charge in [0.2, 0.25) is 0 Å². The van der Waals surface area contributed by atoms with Gasteiger partial charge in [-0.15, -0.1) is 0 Å². The summed E-state index contributed by atoms with van der Waals surface area (Å²) in [5.41, 5.74) is 17.2. The minimum Gasteiger partial charge on any atom is -0.473 e. The first-order valence-corrected chi connectivity index (χ1v) is 18.1. The van der Waals surface area contributed by atoms with Crippen LogP contribution in [0.3, 0.4) is 0 Å². The van der Waals surface area contributed by atoms with Gasteiger partial charge in [0, 0.05) is 49.8 Å². The third-order valence-corrected chi connectivity index (χ3v) is 9.12. The first-order chi connectivity index (χ1) is 25.6. The van der Waals surface area contributed by atoms with Gasteiger partial charge in [0.1, 0.15) is 11.5 Å². The highest BCUT2D eigenvalue weighted by Crippen LogP contribution is 2.33. The molecular weight excluding hydrogens is 727 g/mol. The zero-order chi connectivity index (χ0) is 37.7. The van der Waals surface area contributed by atoms with Crippen LogP contribution < -0.4 is 30.5 Å². The molecule has 0 radical (unpaired) electrons. The van der Waals surface area contributed by atoms with E-state index >= 15 is 0 Å². The molecule has 0 unspecified atom stereocenters. The van der Waals surface area contributed by atoms with E-state index in [2.05, 4.69) is 72.2 Å². The Balaban J connectivity index is 0.000000145. The fourth-order valence-electron chi connectivity index (χ4n) is 5.61. The van der Waals surface area contributed by atoms with E-state index in [0.717, 1.165) is 45.9 Å². The summed E-state index contributed by atoms with van der Waals surface area (Å²) in [4.78, 5) is 4.39. The summed E-state index contributed by atoms with van der Waals surface area (Å²) >= 11 is 17.7. The SMILES string of the molecule is Cc1cccc(N)c1.Cc1cccc(N2COc3cc(Cl)ccc3C2)c1.Cc1cccc(N2COc3cccc(Cl)c3C2)c1.ONc1cccc(Cl)c1. The van der Waals surface area contributed by atoms with Crippen molar-refractivity contribution in [1.82, 2.24) is 0 Å². The monoisotopic (exact) mass is 768 g/mol. The van der Waals surface area contributed by atoms with Gasteiger partial charge in [0.25, 0.3) is 0 Å². The van der Waals surface area contributed by atoms with E-state index in [9.17, 15) is 0 Å². The highest BCUT2D eigenvalue weighted by atomic mass is 35.5. The quantitative estimate of drug-likeness (QED) is 0.122. The molecular formula is C43H43Cl3N4O3. The molecule has 6 aromatic carbocycles. The van der Waals surface area contributed by atoms with Gasteiger partial charge in [-0.2, -0.15) is 0 Å². The maximum absolute atomic E-state index is 8.35. The van der Waals surface area contributed by atoms with Gasteiger partial charge >= 0.3 is 0 Å². The number of halogens is 3. The second-order valence-electron chi connectivity index (χ2n) is 12.6. The number of fused-ring (bicyclic) bond motifs is 2. The van der Waals surface area contributed by atoms with Crippen molar-refractivity contribution in [1.29, 1.82) is 0 Å². The highest BCUT2D eigenvalue weighted by Gasteiger charge is 2.20. The van der Waals surface area contributed by atoms with E-state index in [1.54, 1.807) is 24.3 Å². The molecule has 0 saturated carbocycles. The summed E-state index contributed by atoms with van der Waals surface area (Å²) in [5, 5.41) is 10.4. The molecule has 10 heteroatoms. The lowest BCUT2D eigenvalue weighted by atomic mass is 10.1. The number of hydrogen-bond donors (Lipinski definition) is 3. The van der Waals surface area contributed by atoms with E-state index in [4.69, 9.17) is 55.2 Å². The fourth-order valence-corrected chi connectivity index (χ4v) is 6.19. The third kappa shape index (κ3) is 11.7. The van der Waals surface area contributed by atoms with Gasteiger partial charge in [-0.25, -0.2) is 0 Å². The lowest BCUT2D eigenvalue weighted by Crippen LogP contribution is -2.32. The number of ether oxygens (including phenoxy) is 2. The molecule has 6 aromatic rings. The van der Waals surface area contributed by atoms with Crippen LogP contribution in [0.5, 0.6) is 11.5 Å². The van der Waals surface area contributed by atoms with Gasteiger partial charge < -0.3 is 25.0 Å². The number of nitrogens with one attached hydrogen (secondary N) is 1. The maximum atomic E-state index is 8.35. The van der Waals surface area contributed by atoms with Crippen molar-refractivity contribution in [3.8, 4) is 11.5 Å². The highest BCUT2D eigenvalue weighted by molar-refractivity contribution is 6.31. The molecule has 0 saturated heterocycles. The maximum Gasteiger partial charge on any atom is 0.161 e. The first-order valence-electron chi connectivity index (χ1n) is 17.0. The first kappa shape index (κ1) is 39.2. The average molecular weight is 770 g/mol. The van der Waals surface area contributed by atoms with Crippen LogP contribution in [0.15, 0.2) is 133 Å². The number of nitrogen functional groups attached to an aromatic ring is 1. The molecule has 0 atom stereocenters. The Morgan fingerprint density at radius 1 is 0.585 bits per heavy atom. The third-order valence-electron chi connectivity index (χ3n) is 8.30. The molecule has 0 fully saturated rings. The van der Waals surface area contributed by atoms with Crippen molar-refractivity contribution in [2.75, 3.05) is 34.5 Å². The molecule has 0 amide bonds. The van der Waals surface area contributed by atoms with Crippen molar-refractivity contribution < 1.29 is 14.7 Å². The number of nitrogens with two attached hydrogens (primary N) is 1. The average Bonchev–Trinajstić information content (AvgIpc) is 3.15. The molecule has 2 heterocycles. The Morgan fingerprint density at radius 3 is 1.72 bits per heavy atom. The van der Waals surface area contributed by atoms with Crippen LogP contribution in [0.2, 0.25) is 15.1 Å². The second-order valence-corrected chi connectivity index (χ2v) is 13.9. The van der Waals surface area contributed by atoms with Crippen LogP contribution in [-0.2, 0) is 13.1 Å². The van der Waals surface area contributed by atoms with E-state index in [1.165, 1.54) is 33.6 Å². The van der Waals surface area contributed by atoms with Gasteiger partial charge in [-0.05, 0) is 116 Å². The van der Waals surface area contributed by atoms with E-state index in [-0.39, 0.29) is 0 Å². The van der Waals surface area contributed by atoms with Crippen LogP contribution >= 0.6 is 34.8 Å². The number of hydrogen-bond acceptors (Lipinski definition) is 7. The predicted molar refractivity (Wildman–Crippen MR) is 221 cm³/mol. The summed E-state index contributed by atoms with van der Waals surface area (Å²) in [6, 6.07) is 43.1. The van der Waals surface area contributed by atoms with Crippen molar-refractivity contribution in [3.63, 3.8) is 0 Å². The van der Waals surface area contributed by atoms with E-state index in [0.29, 0.717) is 24.2 Å². The minimum atomic E-state index is 0.566. The largest absolute Gasteiger partial charge is 0.473 e. The molecule has 4 N–H and O–H groups in total. The zero-order valence-electron chi connectivity index (χ0n) is 29.9. The van der Waals surface area contributed by atoms with Crippen LogP contribution in [0.1, 0.15) is 27.8 Å². The zero-order valence-corrected chi connectivity index (χ0v) is 32.2. The molecule has 8 rings (SSSR count). The second kappa shape index (κ2) is 19.1. The molecule has 53 heavy (non-hydrogen) atoms. The number of nitrogens with zero attached hydrogens (tertiary/aromatic N) is 2. The summed E-state index contributed by atoms with van der Waals surface area (Å²) in [7, 11) is 0. The Morgan fingerprint density at radius 2 is 1.15 bits per heavy atom. The number of aryl methyl sites for hydroxylation is 3. The molecule has 0 aromatic heterocycles. The Kier molecular flexibility index (Phi) is 14.2. The minimum absolute atomic E-state index is 0.566. The summed E-state index contributed by atoms with van der Waals surface area (Å²) in [6.07, 6.45) is 0.